The minimum Gasteiger partial charge on any atom is -0.464 e. The van der Waals surface area contributed by atoms with Crippen LogP contribution in [0.3, 0.4) is 0 Å². The van der Waals surface area contributed by atoms with Crippen molar-refractivity contribution in [2.75, 3.05) is 7.11 Å². The summed E-state index contributed by atoms with van der Waals surface area (Å²) in [6.45, 7) is 4.94. The van der Waals surface area contributed by atoms with E-state index in [0.717, 1.165) is 18.7 Å². The van der Waals surface area contributed by atoms with Crippen LogP contribution in [-0.2, 0) is 11.3 Å². The Balaban J connectivity index is 2.99. The Morgan fingerprint density at radius 2 is 2.23 bits per heavy atom. The van der Waals surface area contributed by atoms with E-state index >= 15 is 0 Å². The lowest BCUT2D eigenvalue weighted by molar-refractivity contribution is 0.0588. The summed E-state index contributed by atoms with van der Waals surface area (Å²) in [5.74, 6) is -0.262. The number of carbonyl (C=O) groups is 1. The molecule has 0 unspecified atom stereocenters. The molecule has 1 aromatic rings. The van der Waals surface area contributed by atoms with Crippen LogP contribution in [0.1, 0.15) is 29.5 Å². The SMILES string of the molecule is CCCn1c(C)ccc1C(=O)OC. The molecule has 1 aromatic heterocycles. The van der Waals surface area contributed by atoms with E-state index in [-0.39, 0.29) is 5.97 Å². The van der Waals surface area contributed by atoms with Gasteiger partial charge in [-0.2, -0.15) is 0 Å². The Morgan fingerprint density at radius 1 is 1.54 bits per heavy atom. The highest BCUT2D eigenvalue weighted by Crippen LogP contribution is 2.10. The van der Waals surface area contributed by atoms with Crippen LogP contribution in [0.5, 0.6) is 0 Å². The van der Waals surface area contributed by atoms with Crippen molar-refractivity contribution in [2.45, 2.75) is 26.8 Å². The quantitative estimate of drug-likeness (QED) is 0.668. The molecule has 1 rings (SSSR count). The lowest BCUT2D eigenvalue weighted by atomic mass is 10.4. The van der Waals surface area contributed by atoms with E-state index in [1.807, 2.05) is 17.6 Å². The molecule has 3 nitrogen and oxygen atoms in total. The first-order valence-corrected chi connectivity index (χ1v) is 4.45. The Labute approximate surface area is 78.3 Å². The van der Waals surface area contributed by atoms with Crippen molar-refractivity contribution in [1.29, 1.82) is 0 Å². The van der Waals surface area contributed by atoms with E-state index in [4.69, 9.17) is 0 Å². The maximum absolute atomic E-state index is 11.3. The summed E-state index contributed by atoms with van der Waals surface area (Å²) in [6, 6.07) is 3.73. The van der Waals surface area contributed by atoms with E-state index in [1.165, 1.54) is 7.11 Å². The van der Waals surface area contributed by atoms with Crippen molar-refractivity contribution in [1.82, 2.24) is 4.57 Å². The van der Waals surface area contributed by atoms with Crippen LogP contribution in [0.2, 0.25) is 0 Å². The molecule has 72 valence electrons. The Hall–Kier alpha value is -1.25. The van der Waals surface area contributed by atoms with Gasteiger partial charge in [-0.3, -0.25) is 0 Å². The average Bonchev–Trinajstić information content (AvgIpc) is 2.48. The van der Waals surface area contributed by atoms with Crippen molar-refractivity contribution < 1.29 is 9.53 Å². The van der Waals surface area contributed by atoms with Crippen molar-refractivity contribution in [3.63, 3.8) is 0 Å². The third kappa shape index (κ3) is 1.91. The fourth-order valence-electron chi connectivity index (χ4n) is 1.37. The molecule has 0 aliphatic carbocycles. The Kier molecular flexibility index (Phi) is 3.12. The number of rotatable bonds is 3. The van der Waals surface area contributed by atoms with E-state index in [0.29, 0.717) is 5.69 Å². The number of hydrogen-bond donors (Lipinski definition) is 0. The van der Waals surface area contributed by atoms with Crippen LogP contribution in [0.25, 0.3) is 0 Å². The van der Waals surface area contributed by atoms with Gasteiger partial charge in [0.25, 0.3) is 0 Å². The highest BCUT2D eigenvalue weighted by molar-refractivity contribution is 5.87. The number of aromatic nitrogens is 1. The average molecular weight is 181 g/mol. The van der Waals surface area contributed by atoms with Crippen LogP contribution in [0.4, 0.5) is 0 Å². The molecule has 0 fully saturated rings. The maximum Gasteiger partial charge on any atom is 0.354 e. The topological polar surface area (TPSA) is 31.2 Å². The monoisotopic (exact) mass is 181 g/mol. The van der Waals surface area contributed by atoms with E-state index in [1.54, 1.807) is 6.07 Å². The number of carbonyl (C=O) groups excluding carboxylic acids is 1. The Morgan fingerprint density at radius 3 is 2.77 bits per heavy atom. The van der Waals surface area contributed by atoms with Crippen LogP contribution in [0, 0.1) is 6.92 Å². The molecule has 3 heteroatoms. The van der Waals surface area contributed by atoms with Gasteiger partial charge in [0.05, 0.1) is 7.11 Å². The summed E-state index contributed by atoms with van der Waals surface area (Å²) in [5, 5.41) is 0. The lowest BCUT2D eigenvalue weighted by Crippen LogP contribution is -2.11. The first kappa shape index (κ1) is 9.84. The number of nitrogens with zero attached hydrogens (tertiary/aromatic N) is 1. The van der Waals surface area contributed by atoms with Crippen LogP contribution in [-0.4, -0.2) is 17.6 Å². The van der Waals surface area contributed by atoms with Crippen LogP contribution >= 0.6 is 0 Å². The molecular weight excluding hydrogens is 166 g/mol. The lowest BCUT2D eigenvalue weighted by Gasteiger charge is -2.07. The zero-order valence-electron chi connectivity index (χ0n) is 8.33. The molecule has 0 atom stereocenters. The number of methoxy groups -OCH3 is 1. The maximum atomic E-state index is 11.3. The van der Waals surface area contributed by atoms with Gasteiger partial charge in [0.2, 0.25) is 0 Å². The van der Waals surface area contributed by atoms with E-state index in [9.17, 15) is 4.79 Å². The standard InChI is InChI=1S/C10H15NO2/c1-4-7-11-8(2)5-6-9(11)10(12)13-3/h5-6H,4,7H2,1-3H3. The first-order valence-electron chi connectivity index (χ1n) is 4.45. The summed E-state index contributed by atoms with van der Waals surface area (Å²) < 4.78 is 6.65. The van der Waals surface area contributed by atoms with Crippen molar-refractivity contribution in [3.05, 3.63) is 23.5 Å². The third-order valence-electron chi connectivity index (χ3n) is 2.04. The van der Waals surface area contributed by atoms with Gasteiger partial charge in [0.1, 0.15) is 5.69 Å². The second-order valence-corrected chi connectivity index (χ2v) is 3.00. The highest BCUT2D eigenvalue weighted by Gasteiger charge is 2.12. The first-order chi connectivity index (χ1) is 6.20. The van der Waals surface area contributed by atoms with Crippen LogP contribution in [0.15, 0.2) is 12.1 Å². The minimum atomic E-state index is -0.262. The molecule has 0 spiro atoms. The molecule has 0 saturated heterocycles. The molecule has 13 heavy (non-hydrogen) atoms. The number of ether oxygens (including phenoxy) is 1. The van der Waals surface area contributed by atoms with Gasteiger partial charge in [0.15, 0.2) is 0 Å². The molecule has 0 radical (unpaired) electrons. The predicted octanol–water partition coefficient (Wildman–Crippen LogP) is 1.99. The highest BCUT2D eigenvalue weighted by atomic mass is 16.5. The van der Waals surface area contributed by atoms with Gasteiger partial charge in [-0.05, 0) is 25.5 Å². The summed E-state index contributed by atoms with van der Waals surface area (Å²) >= 11 is 0. The zero-order valence-corrected chi connectivity index (χ0v) is 8.33. The molecule has 0 aromatic carbocycles. The smallest absolute Gasteiger partial charge is 0.354 e. The van der Waals surface area contributed by atoms with Crippen molar-refractivity contribution in [3.8, 4) is 0 Å². The molecule has 0 amide bonds. The Bertz CT molecular complexity index is 302. The predicted molar refractivity (Wildman–Crippen MR) is 50.8 cm³/mol. The van der Waals surface area contributed by atoms with E-state index < -0.39 is 0 Å². The third-order valence-corrected chi connectivity index (χ3v) is 2.04. The van der Waals surface area contributed by atoms with Gasteiger partial charge in [-0.15, -0.1) is 0 Å². The second-order valence-electron chi connectivity index (χ2n) is 3.00. The number of hydrogen-bond acceptors (Lipinski definition) is 2. The largest absolute Gasteiger partial charge is 0.464 e. The van der Waals surface area contributed by atoms with Crippen molar-refractivity contribution in [2.24, 2.45) is 0 Å². The van der Waals surface area contributed by atoms with E-state index in [2.05, 4.69) is 11.7 Å². The van der Waals surface area contributed by atoms with Crippen molar-refractivity contribution >= 4 is 5.97 Å². The fourth-order valence-corrected chi connectivity index (χ4v) is 1.37. The fraction of sp³-hybridized carbons (Fsp3) is 0.500. The van der Waals surface area contributed by atoms with Gasteiger partial charge < -0.3 is 9.30 Å². The molecule has 0 aliphatic heterocycles. The number of esters is 1. The normalized spacial score (nSPS) is 10.1. The molecule has 0 N–H and O–H groups in total. The minimum absolute atomic E-state index is 0.262. The number of aryl methyl sites for hydroxylation is 1. The summed E-state index contributed by atoms with van der Waals surface area (Å²) in [5.41, 5.74) is 1.74. The molecule has 0 bridgehead atoms. The molecular formula is C10H15NO2. The second kappa shape index (κ2) is 4.12. The van der Waals surface area contributed by atoms with Gasteiger partial charge in [0, 0.05) is 12.2 Å². The van der Waals surface area contributed by atoms with Crippen LogP contribution < -0.4 is 0 Å². The van der Waals surface area contributed by atoms with Gasteiger partial charge >= 0.3 is 5.97 Å². The molecule has 0 saturated carbocycles. The summed E-state index contributed by atoms with van der Waals surface area (Å²) in [6.07, 6.45) is 1.01. The van der Waals surface area contributed by atoms with Gasteiger partial charge in [-0.1, -0.05) is 6.92 Å². The molecule has 1 heterocycles. The molecule has 0 aliphatic rings. The summed E-state index contributed by atoms with van der Waals surface area (Å²) in [4.78, 5) is 11.3. The summed E-state index contributed by atoms with van der Waals surface area (Å²) in [7, 11) is 1.40. The zero-order chi connectivity index (χ0) is 9.84. The van der Waals surface area contributed by atoms with Gasteiger partial charge in [-0.25, -0.2) is 4.79 Å².